The fourth-order valence-corrected chi connectivity index (χ4v) is 5.04. The van der Waals surface area contributed by atoms with Crippen LogP contribution in [0.5, 0.6) is 11.5 Å². The molecular formula is C28H24BrClN2O5S. The number of benzene rings is 3. The second-order valence-electron chi connectivity index (χ2n) is 8.36. The monoisotopic (exact) mass is 614 g/mol. The Kier molecular flexibility index (Phi) is 9.14. The van der Waals surface area contributed by atoms with E-state index in [1.165, 1.54) is 0 Å². The van der Waals surface area contributed by atoms with Crippen LogP contribution in [0, 0.1) is 6.92 Å². The third-order valence-electron chi connectivity index (χ3n) is 5.40. The molecule has 0 unspecified atom stereocenters. The van der Waals surface area contributed by atoms with Crippen LogP contribution in [-0.4, -0.2) is 35.1 Å². The molecule has 0 aliphatic carbocycles. The van der Waals surface area contributed by atoms with Gasteiger partial charge in [-0.2, -0.15) is 0 Å². The largest absolute Gasteiger partial charge is 0.490 e. The maximum absolute atomic E-state index is 13.0. The molecule has 0 bridgehead atoms. The number of hydrogen-bond donors (Lipinski definition) is 1. The smallest absolute Gasteiger partial charge is 0.294 e. The number of aryl methyl sites for hydroxylation is 1. The van der Waals surface area contributed by atoms with Gasteiger partial charge in [0.1, 0.15) is 13.2 Å². The van der Waals surface area contributed by atoms with Gasteiger partial charge in [0, 0.05) is 10.2 Å². The van der Waals surface area contributed by atoms with Crippen molar-refractivity contribution < 1.29 is 23.9 Å². The van der Waals surface area contributed by atoms with Gasteiger partial charge in [0.05, 0.1) is 16.5 Å². The van der Waals surface area contributed by atoms with Crippen molar-refractivity contribution >= 4 is 68.1 Å². The van der Waals surface area contributed by atoms with E-state index in [0.717, 1.165) is 32.3 Å². The Morgan fingerprint density at radius 3 is 2.58 bits per heavy atom. The summed E-state index contributed by atoms with van der Waals surface area (Å²) in [6, 6.07) is 18.3. The summed E-state index contributed by atoms with van der Waals surface area (Å²) in [6.07, 6.45) is 1.55. The topological polar surface area (TPSA) is 84.9 Å². The first-order chi connectivity index (χ1) is 18.2. The number of ether oxygens (including phenoxy) is 2. The molecule has 4 rings (SSSR count). The van der Waals surface area contributed by atoms with Crippen LogP contribution in [0.25, 0.3) is 6.08 Å². The van der Waals surface area contributed by atoms with E-state index < -0.39 is 17.1 Å². The van der Waals surface area contributed by atoms with Gasteiger partial charge in [0.2, 0.25) is 5.91 Å². The summed E-state index contributed by atoms with van der Waals surface area (Å²) >= 11 is 10.7. The Morgan fingerprint density at radius 1 is 1.11 bits per heavy atom. The van der Waals surface area contributed by atoms with E-state index in [1.54, 1.807) is 30.3 Å². The highest BCUT2D eigenvalue weighted by Gasteiger charge is 2.36. The van der Waals surface area contributed by atoms with Crippen molar-refractivity contribution in [2.45, 2.75) is 20.5 Å². The average Bonchev–Trinajstić information content (AvgIpc) is 3.12. The first-order valence-corrected chi connectivity index (χ1v) is 13.7. The average molecular weight is 616 g/mol. The molecule has 1 fully saturated rings. The number of halogens is 2. The van der Waals surface area contributed by atoms with Gasteiger partial charge in [-0.3, -0.25) is 19.3 Å². The van der Waals surface area contributed by atoms with Crippen LogP contribution in [0.1, 0.15) is 23.6 Å². The molecule has 0 atom stereocenters. The zero-order valence-corrected chi connectivity index (χ0v) is 23.8. The summed E-state index contributed by atoms with van der Waals surface area (Å²) in [6.45, 7) is 4.02. The van der Waals surface area contributed by atoms with Crippen LogP contribution in [0.15, 0.2) is 70.0 Å². The van der Waals surface area contributed by atoms with E-state index in [4.69, 9.17) is 21.1 Å². The molecule has 7 nitrogen and oxygen atoms in total. The van der Waals surface area contributed by atoms with E-state index in [1.807, 2.05) is 50.2 Å². The second kappa shape index (κ2) is 12.5. The van der Waals surface area contributed by atoms with Crippen molar-refractivity contribution in [3.63, 3.8) is 0 Å². The van der Waals surface area contributed by atoms with E-state index in [-0.39, 0.29) is 18.1 Å². The highest BCUT2D eigenvalue weighted by molar-refractivity contribution is 9.10. The lowest BCUT2D eigenvalue weighted by Gasteiger charge is -2.15. The predicted molar refractivity (Wildman–Crippen MR) is 154 cm³/mol. The minimum absolute atomic E-state index is 0.181. The standard InChI is InChI=1S/C28H24BrClN2O5S/c1-3-36-23-13-19(12-22(30)26(23)37-16-18-7-9-20(29)10-8-18)14-24-27(34)32(28(35)38-24)15-25(33)31-21-6-4-5-17(2)11-21/h4-14H,3,15-16H2,1-2H3,(H,31,33)/b24-14-. The maximum atomic E-state index is 13.0. The number of carbonyl (C=O) groups is 3. The summed E-state index contributed by atoms with van der Waals surface area (Å²) in [5.74, 6) is -0.216. The van der Waals surface area contributed by atoms with Gasteiger partial charge in [0.15, 0.2) is 11.5 Å². The number of imide groups is 1. The van der Waals surface area contributed by atoms with Gasteiger partial charge in [-0.25, -0.2) is 0 Å². The Morgan fingerprint density at radius 2 is 1.87 bits per heavy atom. The lowest BCUT2D eigenvalue weighted by atomic mass is 10.1. The number of amides is 3. The fourth-order valence-electron chi connectivity index (χ4n) is 3.67. The number of nitrogens with zero attached hydrogens (tertiary/aromatic N) is 1. The Bertz CT molecular complexity index is 1410. The minimum atomic E-state index is -0.552. The first kappa shape index (κ1) is 27.8. The zero-order chi connectivity index (χ0) is 27.2. The lowest BCUT2D eigenvalue weighted by Crippen LogP contribution is -2.36. The molecule has 1 aliphatic rings. The minimum Gasteiger partial charge on any atom is -0.490 e. The number of rotatable bonds is 9. The van der Waals surface area contributed by atoms with Crippen molar-refractivity contribution in [3.05, 3.63) is 91.8 Å². The summed E-state index contributed by atoms with van der Waals surface area (Å²) in [4.78, 5) is 39.1. The fraction of sp³-hybridized carbons (Fsp3) is 0.179. The molecule has 38 heavy (non-hydrogen) atoms. The molecule has 0 aromatic heterocycles. The van der Waals surface area contributed by atoms with Crippen molar-refractivity contribution in [2.75, 3.05) is 18.5 Å². The van der Waals surface area contributed by atoms with E-state index in [0.29, 0.717) is 34.4 Å². The van der Waals surface area contributed by atoms with Crippen molar-refractivity contribution in [3.8, 4) is 11.5 Å². The molecule has 0 spiro atoms. The molecule has 3 amide bonds. The molecule has 1 heterocycles. The summed E-state index contributed by atoms with van der Waals surface area (Å²) in [5, 5.41) is 2.49. The number of anilines is 1. The summed E-state index contributed by atoms with van der Waals surface area (Å²) in [7, 11) is 0. The van der Waals surface area contributed by atoms with Gasteiger partial charge in [-0.05, 0) is 84.8 Å². The van der Waals surface area contributed by atoms with Gasteiger partial charge >= 0.3 is 0 Å². The highest BCUT2D eigenvalue weighted by atomic mass is 79.9. The first-order valence-electron chi connectivity index (χ1n) is 11.7. The zero-order valence-electron chi connectivity index (χ0n) is 20.6. The quantitative estimate of drug-likeness (QED) is 0.259. The summed E-state index contributed by atoms with van der Waals surface area (Å²) in [5.41, 5.74) is 3.09. The molecular weight excluding hydrogens is 592 g/mol. The summed E-state index contributed by atoms with van der Waals surface area (Å²) < 4.78 is 12.7. The number of carbonyl (C=O) groups excluding carboxylic acids is 3. The molecule has 3 aromatic carbocycles. The third kappa shape index (κ3) is 6.98. The molecule has 1 saturated heterocycles. The molecule has 1 aliphatic heterocycles. The second-order valence-corrected chi connectivity index (χ2v) is 10.7. The van der Waals surface area contributed by atoms with E-state index in [2.05, 4.69) is 21.2 Å². The van der Waals surface area contributed by atoms with Crippen LogP contribution < -0.4 is 14.8 Å². The molecule has 3 aromatic rings. The normalized spacial score (nSPS) is 14.2. The molecule has 10 heteroatoms. The number of thioether (sulfide) groups is 1. The molecule has 1 N–H and O–H groups in total. The van der Waals surface area contributed by atoms with Crippen LogP contribution in [0.4, 0.5) is 10.5 Å². The molecule has 0 radical (unpaired) electrons. The van der Waals surface area contributed by atoms with Crippen LogP contribution in [-0.2, 0) is 16.2 Å². The van der Waals surface area contributed by atoms with E-state index in [9.17, 15) is 14.4 Å². The number of hydrogen-bond acceptors (Lipinski definition) is 6. The van der Waals surface area contributed by atoms with Crippen molar-refractivity contribution in [2.24, 2.45) is 0 Å². The Balaban J connectivity index is 1.48. The van der Waals surface area contributed by atoms with E-state index >= 15 is 0 Å². The van der Waals surface area contributed by atoms with Gasteiger partial charge in [0.25, 0.3) is 11.1 Å². The van der Waals surface area contributed by atoms with Gasteiger partial charge in [-0.1, -0.05) is 51.8 Å². The predicted octanol–water partition coefficient (Wildman–Crippen LogP) is 7.06. The van der Waals surface area contributed by atoms with Crippen molar-refractivity contribution in [1.29, 1.82) is 0 Å². The highest BCUT2D eigenvalue weighted by Crippen LogP contribution is 2.39. The molecule has 196 valence electrons. The SMILES string of the molecule is CCOc1cc(/C=C2\SC(=O)N(CC(=O)Nc3cccc(C)c3)C2=O)cc(Cl)c1OCc1ccc(Br)cc1. The third-order valence-corrected chi connectivity index (χ3v) is 7.12. The van der Waals surface area contributed by atoms with Crippen LogP contribution in [0.3, 0.4) is 0 Å². The van der Waals surface area contributed by atoms with Gasteiger partial charge < -0.3 is 14.8 Å². The maximum Gasteiger partial charge on any atom is 0.294 e. The lowest BCUT2D eigenvalue weighted by molar-refractivity contribution is -0.127. The number of nitrogens with one attached hydrogen (secondary N) is 1. The van der Waals surface area contributed by atoms with Crippen LogP contribution >= 0.6 is 39.3 Å². The van der Waals surface area contributed by atoms with Crippen LogP contribution in [0.2, 0.25) is 5.02 Å². The molecule has 0 saturated carbocycles. The Hall–Kier alpha value is -3.27. The van der Waals surface area contributed by atoms with Gasteiger partial charge in [-0.15, -0.1) is 0 Å². The Labute approximate surface area is 238 Å². The van der Waals surface area contributed by atoms with Crippen molar-refractivity contribution in [1.82, 2.24) is 4.90 Å².